The number of dihydropyridines is 1. The van der Waals surface area contributed by atoms with E-state index >= 15 is 0 Å². The lowest BCUT2D eigenvalue weighted by Crippen LogP contribution is -2.37. The van der Waals surface area contributed by atoms with Crippen LogP contribution in [0.2, 0.25) is 0 Å². The summed E-state index contributed by atoms with van der Waals surface area (Å²) in [6.45, 7) is 7.98. The number of hydrogen-bond donors (Lipinski definition) is 2. The van der Waals surface area contributed by atoms with Gasteiger partial charge in [-0.25, -0.2) is 0 Å². The Hall–Kier alpha value is -4.32. The van der Waals surface area contributed by atoms with Crippen LogP contribution in [0.25, 0.3) is 0 Å². The molecule has 2 aliphatic rings. The van der Waals surface area contributed by atoms with E-state index in [2.05, 4.69) is 28.8 Å². The lowest BCUT2D eigenvalue weighted by atomic mass is 9.70. The van der Waals surface area contributed by atoms with Crippen LogP contribution in [0.4, 0.5) is 5.69 Å². The van der Waals surface area contributed by atoms with Crippen molar-refractivity contribution in [3.05, 3.63) is 111 Å². The quantitative estimate of drug-likeness (QED) is 0.370. The number of benzene rings is 3. The molecule has 0 radical (unpaired) electrons. The molecule has 3 aromatic carbocycles. The minimum absolute atomic E-state index is 0.0204. The summed E-state index contributed by atoms with van der Waals surface area (Å²) in [7, 11) is 3.23. The van der Waals surface area contributed by atoms with Crippen LogP contribution in [0.3, 0.4) is 0 Å². The summed E-state index contributed by atoms with van der Waals surface area (Å²) in [6.07, 6.45) is 1.01. The third-order valence-electron chi connectivity index (χ3n) is 8.09. The number of ketones is 1. The molecule has 0 saturated heterocycles. The molecule has 1 amide bonds. The number of rotatable bonds is 6. The zero-order valence-electron chi connectivity index (χ0n) is 24.0. The van der Waals surface area contributed by atoms with Crippen LogP contribution in [0.5, 0.6) is 11.5 Å². The molecule has 2 atom stereocenters. The summed E-state index contributed by atoms with van der Waals surface area (Å²) < 4.78 is 10.9. The van der Waals surface area contributed by atoms with E-state index in [9.17, 15) is 9.59 Å². The number of Topliss-reactive ketones (excluding diaryl/α,β-unsaturated/α-hetero) is 1. The molecule has 3 aromatic rings. The molecule has 0 saturated carbocycles. The smallest absolute Gasteiger partial charge is 0.254 e. The Bertz CT molecular complexity index is 1570. The third kappa shape index (κ3) is 5.02. The maximum absolute atomic E-state index is 14.0. The minimum Gasteiger partial charge on any atom is -0.493 e. The molecule has 1 aliphatic carbocycles. The van der Waals surface area contributed by atoms with Gasteiger partial charge in [-0.15, -0.1) is 0 Å². The number of methoxy groups -OCH3 is 2. The zero-order chi connectivity index (χ0) is 28.6. The number of amides is 1. The fraction of sp³-hybridized carbons (Fsp3) is 0.294. The van der Waals surface area contributed by atoms with Crippen molar-refractivity contribution in [2.45, 2.75) is 52.4 Å². The molecule has 0 aromatic heterocycles. The molecular formula is C34H36N2O4. The molecule has 6 heteroatoms. The molecule has 5 rings (SSSR count). The summed E-state index contributed by atoms with van der Waals surface area (Å²) in [6, 6.07) is 19.8. The van der Waals surface area contributed by atoms with Gasteiger partial charge < -0.3 is 20.1 Å². The highest BCUT2D eigenvalue weighted by Gasteiger charge is 2.41. The van der Waals surface area contributed by atoms with Crippen molar-refractivity contribution in [3.8, 4) is 11.5 Å². The van der Waals surface area contributed by atoms with Gasteiger partial charge in [0.1, 0.15) is 0 Å². The van der Waals surface area contributed by atoms with Gasteiger partial charge in [0.15, 0.2) is 17.3 Å². The van der Waals surface area contributed by atoms with Crippen LogP contribution in [0, 0.1) is 20.8 Å². The first kappa shape index (κ1) is 27.3. The number of para-hydroxylation sites is 1. The first-order valence-electron chi connectivity index (χ1n) is 13.6. The van der Waals surface area contributed by atoms with Crippen molar-refractivity contribution in [1.29, 1.82) is 0 Å². The molecule has 1 aliphatic heterocycles. The number of carbonyl (C=O) groups excluding carboxylic acids is 2. The molecule has 206 valence electrons. The Kier molecular flexibility index (Phi) is 7.53. The van der Waals surface area contributed by atoms with Gasteiger partial charge >= 0.3 is 0 Å². The lowest BCUT2D eigenvalue weighted by Gasteiger charge is -2.37. The second kappa shape index (κ2) is 11.0. The molecule has 0 fully saturated rings. The highest BCUT2D eigenvalue weighted by atomic mass is 16.5. The Labute approximate surface area is 236 Å². The zero-order valence-corrected chi connectivity index (χ0v) is 24.0. The predicted molar refractivity (Wildman–Crippen MR) is 158 cm³/mol. The van der Waals surface area contributed by atoms with Gasteiger partial charge in [0.2, 0.25) is 0 Å². The predicted octanol–water partition coefficient (Wildman–Crippen LogP) is 6.63. The number of allylic oxidation sites excluding steroid dienone is 3. The van der Waals surface area contributed by atoms with Gasteiger partial charge in [-0.1, -0.05) is 48.0 Å². The van der Waals surface area contributed by atoms with E-state index in [0.29, 0.717) is 35.5 Å². The standard InChI is InChI=1S/C34H36N2O4/c1-19-11-12-20(2)25(15-19)32-31(34(38)36-26-10-8-7-9-21(26)3)22(4)35-27-16-24(17-28(37)33(27)32)23-13-14-29(39-5)30(18-23)40-6/h7-15,18,24,32,35H,16-17H2,1-6H3,(H,36,38)/t24-,32-/m0/s1. The molecular weight excluding hydrogens is 500 g/mol. The highest BCUT2D eigenvalue weighted by Crippen LogP contribution is 2.47. The van der Waals surface area contributed by atoms with Crippen molar-refractivity contribution in [2.75, 3.05) is 19.5 Å². The minimum atomic E-state index is -0.459. The topological polar surface area (TPSA) is 76.7 Å². The lowest BCUT2D eigenvalue weighted by molar-refractivity contribution is -0.116. The van der Waals surface area contributed by atoms with E-state index < -0.39 is 5.92 Å². The summed E-state index contributed by atoms with van der Waals surface area (Å²) >= 11 is 0. The summed E-state index contributed by atoms with van der Waals surface area (Å²) in [5.74, 6) is 0.664. The first-order chi connectivity index (χ1) is 19.2. The van der Waals surface area contributed by atoms with E-state index in [4.69, 9.17) is 9.47 Å². The second-order valence-electron chi connectivity index (χ2n) is 10.8. The average Bonchev–Trinajstić information content (AvgIpc) is 2.94. The SMILES string of the molecule is COc1ccc([C@@H]2CC(=O)C3=C(C2)NC(C)=C(C(=O)Nc2ccccc2C)[C@@H]3c2cc(C)ccc2C)cc1OC. The largest absolute Gasteiger partial charge is 0.493 e. The molecule has 1 heterocycles. The van der Waals surface area contributed by atoms with Gasteiger partial charge in [-0.3, -0.25) is 9.59 Å². The fourth-order valence-corrected chi connectivity index (χ4v) is 5.97. The Morgan fingerprint density at radius 1 is 0.875 bits per heavy atom. The molecule has 40 heavy (non-hydrogen) atoms. The van der Waals surface area contributed by atoms with E-state index in [1.807, 2.05) is 70.2 Å². The first-order valence-corrected chi connectivity index (χ1v) is 13.6. The number of anilines is 1. The van der Waals surface area contributed by atoms with Gasteiger partial charge in [-0.05, 0) is 80.5 Å². The molecule has 0 bridgehead atoms. The van der Waals surface area contributed by atoms with Crippen LogP contribution in [-0.2, 0) is 9.59 Å². The monoisotopic (exact) mass is 536 g/mol. The Balaban J connectivity index is 1.58. The van der Waals surface area contributed by atoms with Crippen molar-refractivity contribution < 1.29 is 19.1 Å². The van der Waals surface area contributed by atoms with E-state index in [1.54, 1.807) is 14.2 Å². The molecule has 6 nitrogen and oxygen atoms in total. The molecule has 2 N–H and O–H groups in total. The Morgan fingerprint density at radius 2 is 1.62 bits per heavy atom. The van der Waals surface area contributed by atoms with Crippen molar-refractivity contribution >= 4 is 17.4 Å². The Morgan fingerprint density at radius 3 is 2.35 bits per heavy atom. The van der Waals surface area contributed by atoms with Crippen LogP contribution in [0.1, 0.15) is 59.4 Å². The van der Waals surface area contributed by atoms with Crippen molar-refractivity contribution in [3.63, 3.8) is 0 Å². The van der Waals surface area contributed by atoms with E-state index in [-0.39, 0.29) is 17.6 Å². The van der Waals surface area contributed by atoms with Gasteiger partial charge in [-0.2, -0.15) is 0 Å². The molecule has 0 unspecified atom stereocenters. The average molecular weight is 537 g/mol. The van der Waals surface area contributed by atoms with Gasteiger partial charge in [0, 0.05) is 40.6 Å². The molecule has 0 spiro atoms. The van der Waals surface area contributed by atoms with Crippen LogP contribution >= 0.6 is 0 Å². The van der Waals surface area contributed by atoms with E-state index in [1.165, 1.54) is 0 Å². The van der Waals surface area contributed by atoms with Gasteiger partial charge in [0.25, 0.3) is 5.91 Å². The number of hydrogen-bond acceptors (Lipinski definition) is 5. The highest BCUT2D eigenvalue weighted by molar-refractivity contribution is 6.10. The van der Waals surface area contributed by atoms with Crippen molar-refractivity contribution in [2.24, 2.45) is 0 Å². The second-order valence-corrected chi connectivity index (χ2v) is 10.8. The third-order valence-corrected chi connectivity index (χ3v) is 8.09. The number of aryl methyl sites for hydroxylation is 3. The van der Waals surface area contributed by atoms with Crippen LogP contribution in [-0.4, -0.2) is 25.9 Å². The number of nitrogens with one attached hydrogen (secondary N) is 2. The van der Waals surface area contributed by atoms with E-state index in [0.717, 1.165) is 44.9 Å². The number of ether oxygens (including phenoxy) is 2. The summed E-state index contributed by atoms with van der Waals surface area (Å²) in [4.78, 5) is 28.0. The maximum atomic E-state index is 14.0. The number of carbonyl (C=O) groups is 2. The summed E-state index contributed by atoms with van der Waals surface area (Å²) in [5.41, 5.74) is 8.79. The van der Waals surface area contributed by atoms with Crippen molar-refractivity contribution in [1.82, 2.24) is 5.32 Å². The van der Waals surface area contributed by atoms with Gasteiger partial charge in [0.05, 0.1) is 14.2 Å². The van der Waals surface area contributed by atoms with Crippen LogP contribution in [0.15, 0.2) is 83.2 Å². The summed E-state index contributed by atoms with van der Waals surface area (Å²) in [5, 5.41) is 6.60. The fourth-order valence-electron chi connectivity index (χ4n) is 5.97. The van der Waals surface area contributed by atoms with Crippen LogP contribution < -0.4 is 20.1 Å². The normalized spacial score (nSPS) is 18.7. The maximum Gasteiger partial charge on any atom is 0.254 e.